The second-order valence-electron chi connectivity index (χ2n) is 4.56. The van der Waals surface area contributed by atoms with Gasteiger partial charge in [-0.2, -0.15) is 5.26 Å². The van der Waals surface area contributed by atoms with E-state index in [4.69, 9.17) is 5.73 Å². The summed E-state index contributed by atoms with van der Waals surface area (Å²) >= 11 is 0. The molecule has 0 aliphatic rings. The first kappa shape index (κ1) is 12.1. The van der Waals surface area contributed by atoms with Gasteiger partial charge in [-0.3, -0.25) is 9.97 Å². The average Bonchev–Trinajstić information content (AvgIpc) is 2.46. The first-order chi connectivity index (χ1) is 9.70. The Morgan fingerprint density at radius 1 is 1.20 bits per heavy atom. The number of hydrogen-bond donors (Lipinski definition) is 1. The number of para-hydroxylation sites is 1. The number of nitrogen functional groups attached to an aromatic ring is 1. The Hall–Kier alpha value is -2.93. The van der Waals surface area contributed by atoms with Crippen molar-refractivity contribution in [3.8, 4) is 17.3 Å². The quantitative estimate of drug-likeness (QED) is 0.729. The maximum absolute atomic E-state index is 9.32. The van der Waals surface area contributed by atoms with E-state index in [0.29, 0.717) is 16.9 Å². The van der Waals surface area contributed by atoms with Crippen LogP contribution in [-0.2, 0) is 0 Å². The van der Waals surface area contributed by atoms with Gasteiger partial charge in [-0.15, -0.1) is 0 Å². The van der Waals surface area contributed by atoms with Crippen molar-refractivity contribution in [1.29, 1.82) is 5.26 Å². The number of fused-ring (bicyclic) bond motifs is 1. The SMILES string of the molecule is Cc1cc(-c2nccc(N)c2C#N)c2ccccc2n1. The largest absolute Gasteiger partial charge is 0.398 e. The van der Waals surface area contributed by atoms with Crippen molar-refractivity contribution in [2.24, 2.45) is 0 Å². The van der Waals surface area contributed by atoms with Crippen LogP contribution in [0.25, 0.3) is 22.2 Å². The Morgan fingerprint density at radius 3 is 2.80 bits per heavy atom. The molecule has 96 valence electrons. The Morgan fingerprint density at radius 2 is 2.00 bits per heavy atom. The van der Waals surface area contributed by atoms with Gasteiger partial charge in [0.25, 0.3) is 0 Å². The lowest BCUT2D eigenvalue weighted by atomic mass is 10.0. The highest BCUT2D eigenvalue weighted by Crippen LogP contribution is 2.31. The fraction of sp³-hybridized carbons (Fsp3) is 0.0625. The van der Waals surface area contributed by atoms with Crippen LogP contribution in [0.3, 0.4) is 0 Å². The monoisotopic (exact) mass is 260 g/mol. The number of anilines is 1. The van der Waals surface area contributed by atoms with E-state index in [1.54, 1.807) is 12.3 Å². The van der Waals surface area contributed by atoms with Gasteiger partial charge in [-0.05, 0) is 25.1 Å². The minimum atomic E-state index is 0.406. The van der Waals surface area contributed by atoms with Gasteiger partial charge in [0.05, 0.1) is 16.9 Å². The zero-order chi connectivity index (χ0) is 14.1. The Balaban J connectivity index is 2.42. The van der Waals surface area contributed by atoms with Gasteiger partial charge < -0.3 is 5.73 Å². The van der Waals surface area contributed by atoms with Crippen molar-refractivity contribution in [2.45, 2.75) is 6.92 Å². The second-order valence-corrected chi connectivity index (χ2v) is 4.56. The topological polar surface area (TPSA) is 75.6 Å². The van der Waals surface area contributed by atoms with Crippen LogP contribution in [0.5, 0.6) is 0 Å². The summed E-state index contributed by atoms with van der Waals surface area (Å²) in [7, 11) is 0. The Labute approximate surface area is 116 Å². The number of rotatable bonds is 1. The summed E-state index contributed by atoms with van der Waals surface area (Å²) < 4.78 is 0. The highest BCUT2D eigenvalue weighted by atomic mass is 14.7. The molecule has 3 aromatic rings. The number of nitriles is 1. The summed E-state index contributed by atoms with van der Waals surface area (Å²) in [6.07, 6.45) is 1.62. The van der Waals surface area contributed by atoms with Crippen molar-refractivity contribution in [1.82, 2.24) is 9.97 Å². The number of aromatic nitrogens is 2. The van der Waals surface area contributed by atoms with Gasteiger partial charge in [0, 0.05) is 22.8 Å². The van der Waals surface area contributed by atoms with Crippen LogP contribution < -0.4 is 5.73 Å². The zero-order valence-corrected chi connectivity index (χ0v) is 11.0. The molecule has 0 saturated heterocycles. The van der Waals surface area contributed by atoms with Crippen LogP contribution in [0.1, 0.15) is 11.3 Å². The van der Waals surface area contributed by atoms with E-state index in [9.17, 15) is 5.26 Å². The molecule has 0 saturated carbocycles. The molecule has 3 rings (SSSR count). The molecule has 0 amide bonds. The Bertz CT molecular complexity index is 847. The molecule has 1 aromatic carbocycles. The van der Waals surface area contributed by atoms with Crippen LogP contribution in [0, 0.1) is 18.3 Å². The molecule has 2 aromatic heterocycles. The summed E-state index contributed by atoms with van der Waals surface area (Å²) in [4.78, 5) is 8.84. The van der Waals surface area contributed by atoms with Crippen LogP contribution in [-0.4, -0.2) is 9.97 Å². The van der Waals surface area contributed by atoms with Crippen molar-refractivity contribution in [3.05, 3.63) is 53.9 Å². The maximum atomic E-state index is 9.32. The molecule has 0 aliphatic carbocycles. The number of hydrogen-bond acceptors (Lipinski definition) is 4. The van der Waals surface area contributed by atoms with E-state index in [2.05, 4.69) is 16.0 Å². The second kappa shape index (κ2) is 4.63. The van der Waals surface area contributed by atoms with Gasteiger partial charge in [0.2, 0.25) is 0 Å². The number of benzene rings is 1. The molecular formula is C16H12N4. The lowest BCUT2D eigenvalue weighted by Crippen LogP contribution is -1.97. The van der Waals surface area contributed by atoms with Crippen LogP contribution in [0.15, 0.2) is 42.6 Å². The Kier molecular flexibility index (Phi) is 2.81. The van der Waals surface area contributed by atoms with Crippen molar-refractivity contribution in [2.75, 3.05) is 5.73 Å². The fourth-order valence-corrected chi connectivity index (χ4v) is 2.30. The number of aryl methyl sites for hydroxylation is 1. The van der Waals surface area contributed by atoms with Crippen molar-refractivity contribution >= 4 is 16.6 Å². The normalized spacial score (nSPS) is 10.4. The fourth-order valence-electron chi connectivity index (χ4n) is 2.30. The van der Waals surface area contributed by atoms with E-state index in [-0.39, 0.29) is 0 Å². The standard InChI is InChI=1S/C16H12N4/c1-10-8-12(11-4-2-3-5-15(11)20-10)16-13(9-17)14(18)6-7-19-16/h2-8H,1H3,(H2,18,19). The smallest absolute Gasteiger partial charge is 0.104 e. The molecule has 2 N–H and O–H groups in total. The summed E-state index contributed by atoms with van der Waals surface area (Å²) in [5.74, 6) is 0. The molecule has 0 fully saturated rings. The van der Waals surface area contributed by atoms with E-state index in [1.807, 2.05) is 37.3 Å². The van der Waals surface area contributed by atoms with E-state index < -0.39 is 0 Å². The summed E-state index contributed by atoms with van der Waals surface area (Å²) in [6, 6.07) is 13.5. The molecule has 0 spiro atoms. The first-order valence-corrected chi connectivity index (χ1v) is 6.22. The van der Waals surface area contributed by atoms with Gasteiger partial charge in [-0.25, -0.2) is 0 Å². The average molecular weight is 260 g/mol. The first-order valence-electron chi connectivity index (χ1n) is 6.22. The van der Waals surface area contributed by atoms with E-state index in [0.717, 1.165) is 22.2 Å². The van der Waals surface area contributed by atoms with Crippen LogP contribution >= 0.6 is 0 Å². The summed E-state index contributed by atoms with van der Waals surface area (Å²) in [5.41, 5.74) is 9.98. The van der Waals surface area contributed by atoms with E-state index in [1.165, 1.54) is 0 Å². The van der Waals surface area contributed by atoms with Crippen LogP contribution in [0.2, 0.25) is 0 Å². The third-order valence-electron chi connectivity index (χ3n) is 3.19. The third kappa shape index (κ3) is 1.86. The van der Waals surface area contributed by atoms with Crippen LogP contribution in [0.4, 0.5) is 5.69 Å². The molecular weight excluding hydrogens is 248 g/mol. The zero-order valence-electron chi connectivity index (χ0n) is 11.0. The minimum absolute atomic E-state index is 0.406. The predicted molar refractivity (Wildman–Crippen MR) is 78.8 cm³/mol. The molecule has 4 nitrogen and oxygen atoms in total. The van der Waals surface area contributed by atoms with Gasteiger partial charge in [0.15, 0.2) is 0 Å². The molecule has 0 atom stereocenters. The molecule has 2 heterocycles. The molecule has 4 heteroatoms. The van der Waals surface area contributed by atoms with Gasteiger partial charge in [0.1, 0.15) is 11.6 Å². The predicted octanol–water partition coefficient (Wildman–Crippen LogP) is 3.06. The van der Waals surface area contributed by atoms with Crippen molar-refractivity contribution in [3.63, 3.8) is 0 Å². The summed E-state index contributed by atoms with van der Waals surface area (Å²) in [6.45, 7) is 1.92. The molecule has 0 aliphatic heterocycles. The third-order valence-corrected chi connectivity index (χ3v) is 3.19. The van der Waals surface area contributed by atoms with E-state index >= 15 is 0 Å². The lowest BCUT2D eigenvalue weighted by Gasteiger charge is -2.09. The lowest BCUT2D eigenvalue weighted by molar-refractivity contribution is 1.24. The maximum Gasteiger partial charge on any atom is 0.104 e. The van der Waals surface area contributed by atoms with Gasteiger partial charge in [-0.1, -0.05) is 18.2 Å². The highest BCUT2D eigenvalue weighted by Gasteiger charge is 2.13. The molecule has 0 bridgehead atoms. The molecule has 20 heavy (non-hydrogen) atoms. The minimum Gasteiger partial charge on any atom is -0.398 e. The van der Waals surface area contributed by atoms with Crippen molar-refractivity contribution < 1.29 is 0 Å². The number of nitrogens with two attached hydrogens (primary N) is 1. The number of pyridine rings is 2. The number of nitrogens with zero attached hydrogens (tertiary/aromatic N) is 3. The van der Waals surface area contributed by atoms with Gasteiger partial charge >= 0.3 is 0 Å². The highest BCUT2D eigenvalue weighted by molar-refractivity contribution is 5.95. The molecule has 0 radical (unpaired) electrons. The summed E-state index contributed by atoms with van der Waals surface area (Å²) in [5, 5.41) is 10.3. The molecule has 0 unspecified atom stereocenters.